The van der Waals surface area contributed by atoms with Crippen molar-refractivity contribution in [1.29, 1.82) is 0 Å². The van der Waals surface area contributed by atoms with Crippen LogP contribution in [0.4, 0.5) is 0 Å². The summed E-state index contributed by atoms with van der Waals surface area (Å²) in [4.78, 5) is 21.8. The van der Waals surface area contributed by atoms with Gasteiger partial charge < -0.3 is 0 Å². The highest BCUT2D eigenvalue weighted by atomic mass is 16.5. The van der Waals surface area contributed by atoms with Crippen molar-refractivity contribution in [2.75, 3.05) is 6.54 Å². The zero-order valence-electron chi connectivity index (χ0n) is 7.92. The molecule has 0 bridgehead atoms. The van der Waals surface area contributed by atoms with E-state index in [1.807, 2.05) is 0 Å². The third-order valence-corrected chi connectivity index (χ3v) is 1.49. The molecule has 0 saturated carbocycles. The standard InChI is InChI=1S/C8H15NO3/c1-6(10)9(12)5-7(11)8(2,3)4/h12H,5H2,1-4H3. The maximum Gasteiger partial charge on any atom is 0.243 e. The number of hydroxylamine groups is 2. The molecule has 0 heterocycles. The monoisotopic (exact) mass is 173 g/mol. The molecule has 1 amide bonds. The number of carbonyl (C=O) groups excluding carboxylic acids is 2. The van der Waals surface area contributed by atoms with E-state index in [0.717, 1.165) is 0 Å². The van der Waals surface area contributed by atoms with Gasteiger partial charge in [0.1, 0.15) is 6.54 Å². The third-order valence-electron chi connectivity index (χ3n) is 1.49. The summed E-state index contributed by atoms with van der Waals surface area (Å²) in [6.07, 6.45) is 0. The van der Waals surface area contributed by atoms with Crippen LogP contribution in [-0.4, -0.2) is 28.5 Å². The summed E-state index contributed by atoms with van der Waals surface area (Å²) in [5.41, 5.74) is -0.517. The Labute approximate surface area is 72.1 Å². The van der Waals surface area contributed by atoms with Crippen molar-refractivity contribution in [3.05, 3.63) is 0 Å². The Hall–Kier alpha value is -0.900. The van der Waals surface area contributed by atoms with E-state index < -0.39 is 11.3 Å². The highest BCUT2D eigenvalue weighted by Gasteiger charge is 2.23. The first-order chi connectivity index (χ1) is 5.25. The first kappa shape index (κ1) is 11.1. The molecule has 0 fully saturated rings. The average Bonchev–Trinajstić information content (AvgIpc) is 1.85. The van der Waals surface area contributed by atoms with Gasteiger partial charge in [-0.3, -0.25) is 14.8 Å². The molecular formula is C8H15NO3. The average molecular weight is 173 g/mol. The minimum absolute atomic E-state index is 0.166. The van der Waals surface area contributed by atoms with Crippen LogP contribution in [0.3, 0.4) is 0 Å². The minimum atomic E-state index is -0.521. The molecule has 12 heavy (non-hydrogen) atoms. The van der Waals surface area contributed by atoms with E-state index in [1.165, 1.54) is 6.92 Å². The van der Waals surface area contributed by atoms with Crippen molar-refractivity contribution in [1.82, 2.24) is 5.06 Å². The second-order valence-electron chi connectivity index (χ2n) is 3.75. The van der Waals surface area contributed by atoms with Crippen LogP contribution in [0.25, 0.3) is 0 Å². The van der Waals surface area contributed by atoms with Gasteiger partial charge in [-0.25, -0.2) is 5.06 Å². The lowest BCUT2D eigenvalue weighted by molar-refractivity contribution is -0.167. The molecule has 0 atom stereocenters. The zero-order chi connectivity index (χ0) is 9.94. The zero-order valence-corrected chi connectivity index (χ0v) is 7.92. The Kier molecular flexibility index (Phi) is 3.39. The lowest BCUT2D eigenvalue weighted by atomic mass is 9.91. The van der Waals surface area contributed by atoms with Crippen molar-refractivity contribution in [3.63, 3.8) is 0 Å². The van der Waals surface area contributed by atoms with Crippen LogP contribution in [0.5, 0.6) is 0 Å². The maximum absolute atomic E-state index is 11.2. The van der Waals surface area contributed by atoms with Crippen LogP contribution in [0.15, 0.2) is 0 Å². The number of carbonyl (C=O) groups is 2. The van der Waals surface area contributed by atoms with Gasteiger partial charge in [0.25, 0.3) is 0 Å². The SMILES string of the molecule is CC(=O)N(O)CC(=O)C(C)(C)C. The summed E-state index contributed by atoms with van der Waals surface area (Å²) in [6.45, 7) is 6.19. The molecule has 70 valence electrons. The second kappa shape index (κ2) is 3.67. The molecule has 0 spiro atoms. The normalized spacial score (nSPS) is 11.1. The highest BCUT2D eigenvalue weighted by molar-refractivity contribution is 5.88. The van der Waals surface area contributed by atoms with Crippen molar-refractivity contribution in [3.8, 4) is 0 Å². The van der Waals surface area contributed by atoms with Crippen molar-refractivity contribution >= 4 is 11.7 Å². The largest absolute Gasteiger partial charge is 0.297 e. The maximum atomic E-state index is 11.2. The van der Waals surface area contributed by atoms with Crippen molar-refractivity contribution in [2.45, 2.75) is 27.7 Å². The summed E-state index contributed by atoms with van der Waals surface area (Å²) in [7, 11) is 0. The molecule has 0 aliphatic rings. The van der Waals surface area contributed by atoms with Gasteiger partial charge in [-0.1, -0.05) is 20.8 Å². The minimum Gasteiger partial charge on any atom is -0.297 e. The number of hydrogen-bond donors (Lipinski definition) is 1. The van der Waals surface area contributed by atoms with Crippen LogP contribution in [0, 0.1) is 5.41 Å². The van der Waals surface area contributed by atoms with E-state index in [4.69, 9.17) is 5.21 Å². The lowest BCUT2D eigenvalue weighted by Gasteiger charge is -2.19. The number of Topliss-reactive ketones (excluding diaryl/α,β-unsaturated/α-hetero) is 1. The van der Waals surface area contributed by atoms with Crippen molar-refractivity contribution < 1.29 is 14.8 Å². The molecule has 0 rings (SSSR count). The van der Waals surface area contributed by atoms with Crippen LogP contribution in [-0.2, 0) is 9.59 Å². The van der Waals surface area contributed by atoms with Gasteiger partial charge in [0.15, 0.2) is 5.78 Å². The smallest absolute Gasteiger partial charge is 0.243 e. The molecular weight excluding hydrogens is 158 g/mol. The topological polar surface area (TPSA) is 57.6 Å². The van der Waals surface area contributed by atoms with Gasteiger partial charge in [-0.2, -0.15) is 0 Å². The van der Waals surface area contributed by atoms with Crippen LogP contribution in [0.2, 0.25) is 0 Å². The molecule has 0 aromatic rings. The predicted molar refractivity (Wildman–Crippen MR) is 43.6 cm³/mol. The number of ketones is 1. The molecule has 0 unspecified atom stereocenters. The van der Waals surface area contributed by atoms with Gasteiger partial charge >= 0.3 is 0 Å². The van der Waals surface area contributed by atoms with E-state index in [2.05, 4.69) is 0 Å². The summed E-state index contributed by atoms with van der Waals surface area (Å²) in [5.74, 6) is -0.687. The molecule has 0 radical (unpaired) electrons. The number of rotatable bonds is 2. The van der Waals surface area contributed by atoms with Gasteiger partial charge in [-0.15, -0.1) is 0 Å². The molecule has 0 aromatic carbocycles. The number of nitrogens with zero attached hydrogens (tertiary/aromatic N) is 1. The summed E-state index contributed by atoms with van der Waals surface area (Å²) < 4.78 is 0. The van der Waals surface area contributed by atoms with E-state index in [1.54, 1.807) is 20.8 Å². The quantitative estimate of drug-likeness (QED) is 0.497. The Bertz CT molecular complexity index is 193. The lowest BCUT2D eigenvalue weighted by Crippen LogP contribution is -2.36. The molecule has 0 aliphatic carbocycles. The fourth-order valence-electron chi connectivity index (χ4n) is 0.485. The summed E-state index contributed by atoms with van der Waals surface area (Å²) in [5, 5.41) is 9.35. The van der Waals surface area contributed by atoms with E-state index >= 15 is 0 Å². The van der Waals surface area contributed by atoms with Crippen LogP contribution >= 0.6 is 0 Å². The Balaban J connectivity index is 4.11. The van der Waals surface area contributed by atoms with E-state index in [-0.39, 0.29) is 12.3 Å². The Morgan fingerprint density at radius 2 is 1.75 bits per heavy atom. The molecule has 1 N–H and O–H groups in total. The Morgan fingerprint density at radius 3 is 2.00 bits per heavy atom. The number of hydrogen-bond acceptors (Lipinski definition) is 3. The third kappa shape index (κ3) is 3.48. The predicted octanol–water partition coefficient (Wildman–Crippen LogP) is 0.839. The molecule has 0 saturated heterocycles. The summed E-state index contributed by atoms with van der Waals surface area (Å²) in [6, 6.07) is 0. The second-order valence-corrected chi connectivity index (χ2v) is 3.75. The molecule has 0 aromatic heterocycles. The van der Waals surface area contributed by atoms with Gasteiger partial charge in [-0.05, 0) is 0 Å². The number of amides is 1. The van der Waals surface area contributed by atoms with Crippen LogP contribution in [0.1, 0.15) is 27.7 Å². The summed E-state index contributed by atoms with van der Waals surface area (Å²) >= 11 is 0. The molecule has 0 aliphatic heterocycles. The van der Waals surface area contributed by atoms with Crippen LogP contribution < -0.4 is 0 Å². The molecule has 4 nitrogen and oxygen atoms in total. The van der Waals surface area contributed by atoms with Gasteiger partial charge in [0.2, 0.25) is 5.91 Å². The van der Waals surface area contributed by atoms with Crippen molar-refractivity contribution in [2.24, 2.45) is 5.41 Å². The first-order valence-corrected chi connectivity index (χ1v) is 3.75. The fourth-order valence-corrected chi connectivity index (χ4v) is 0.485. The fraction of sp³-hybridized carbons (Fsp3) is 0.750. The van der Waals surface area contributed by atoms with E-state index in [9.17, 15) is 9.59 Å². The van der Waals surface area contributed by atoms with Gasteiger partial charge in [0.05, 0.1) is 0 Å². The first-order valence-electron chi connectivity index (χ1n) is 3.75. The highest BCUT2D eigenvalue weighted by Crippen LogP contribution is 2.14. The van der Waals surface area contributed by atoms with Gasteiger partial charge in [0, 0.05) is 12.3 Å². The molecule has 4 heteroatoms. The Morgan fingerprint density at radius 1 is 1.33 bits per heavy atom. The van der Waals surface area contributed by atoms with E-state index in [0.29, 0.717) is 5.06 Å².